The van der Waals surface area contributed by atoms with Gasteiger partial charge < -0.3 is 9.64 Å². The molecular weight excluding hydrogens is 382 g/mol. The standard InChI is InChI=1S/C23H27N3O2S/c1-17(2)15-28-22-6-4-19(5-7-22)13-26(14-20-8-10-24-11-9-20)23(27)12-21-16-29-18(3)25-21/h4-11,16-17H,12-15H2,1-3H3. The number of hydrogen-bond acceptors (Lipinski definition) is 5. The minimum atomic E-state index is 0.0623. The first-order valence-corrected chi connectivity index (χ1v) is 10.7. The number of pyridine rings is 1. The van der Waals surface area contributed by atoms with Gasteiger partial charge in [0.1, 0.15) is 5.75 Å². The molecule has 6 heteroatoms. The fourth-order valence-electron chi connectivity index (χ4n) is 2.87. The van der Waals surface area contributed by atoms with Gasteiger partial charge >= 0.3 is 0 Å². The molecular formula is C23H27N3O2S. The lowest BCUT2D eigenvalue weighted by atomic mass is 10.1. The summed E-state index contributed by atoms with van der Waals surface area (Å²) in [6.07, 6.45) is 3.82. The van der Waals surface area contributed by atoms with Crippen LogP contribution >= 0.6 is 11.3 Å². The van der Waals surface area contributed by atoms with Crippen LogP contribution in [0.4, 0.5) is 0 Å². The average molecular weight is 410 g/mol. The molecule has 2 heterocycles. The van der Waals surface area contributed by atoms with Crippen LogP contribution in [0.5, 0.6) is 5.75 Å². The summed E-state index contributed by atoms with van der Waals surface area (Å²) in [7, 11) is 0. The van der Waals surface area contributed by atoms with E-state index in [1.54, 1.807) is 23.7 Å². The zero-order valence-electron chi connectivity index (χ0n) is 17.2. The van der Waals surface area contributed by atoms with E-state index in [4.69, 9.17) is 4.74 Å². The van der Waals surface area contributed by atoms with Crippen LogP contribution in [0.25, 0.3) is 0 Å². The Balaban J connectivity index is 1.71. The first-order valence-electron chi connectivity index (χ1n) is 9.79. The number of ether oxygens (including phenoxy) is 1. The van der Waals surface area contributed by atoms with Crippen LogP contribution in [0.2, 0.25) is 0 Å². The highest BCUT2D eigenvalue weighted by atomic mass is 32.1. The van der Waals surface area contributed by atoms with Gasteiger partial charge in [0.2, 0.25) is 5.91 Å². The number of benzene rings is 1. The summed E-state index contributed by atoms with van der Waals surface area (Å²) in [6.45, 7) is 7.97. The number of nitrogens with zero attached hydrogens (tertiary/aromatic N) is 3. The second kappa shape index (κ2) is 10.2. The molecule has 0 radical (unpaired) electrons. The molecule has 0 aliphatic rings. The van der Waals surface area contributed by atoms with E-state index in [9.17, 15) is 4.79 Å². The van der Waals surface area contributed by atoms with Gasteiger partial charge in [0.15, 0.2) is 0 Å². The molecule has 3 aromatic rings. The number of carbonyl (C=O) groups excluding carboxylic acids is 1. The monoisotopic (exact) mass is 409 g/mol. The SMILES string of the molecule is Cc1nc(CC(=O)N(Cc2ccncc2)Cc2ccc(OCC(C)C)cc2)cs1. The van der Waals surface area contributed by atoms with E-state index in [-0.39, 0.29) is 5.91 Å². The van der Waals surface area contributed by atoms with E-state index in [2.05, 4.69) is 23.8 Å². The Morgan fingerprint density at radius 2 is 1.72 bits per heavy atom. The van der Waals surface area contributed by atoms with Crippen LogP contribution in [0.15, 0.2) is 54.2 Å². The minimum Gasteiger partial charge on any atom is -0.493 e. The summed E-state index contributed by atoms with van der Waals surface area (Å²) in [5, 5.41) is 2.93. The number of hydrogen-bond donors (Lipinski definition) is 0. The summed E-state index contributed by atoms with van der Waals surface area (Å²) in [6, 6.07) is 11.9. The molecule has 0 aliphatic carbocycles. The maximum Gasteiger partial charge on any atom is 0.229 e. The molecule has 29 heavy (non-hydrogen) atoms. The van der Waals surface area contributed by atoms with Crippen molar-refractivity contribution in [1.29, 1.82) is 0 Å². The molecule has 0 bridgehead atoms. The largest absolute Gasteiger partial charge is 0.493 e. The molecule has 1 aromatic carbocycles. The maximum absolute atomic E-state index is 13.0. The molecule has 152 valence electrons. The van der Waals surface area contributed by atoms with Crippen molar-refractivity contribution in [1.82, 2.24) is 14.9 Å². The third kappa shape index (κ3) is 6.68. The number of aryl methyl sites for hydroxylation is 1. The van der Waals surface area contributed by atoms with Gasteiger partial charge in [0, 0.05) is 30.9 Å². The second-order valence-electron chi connectivity index (χ2n) is 7.49. The van der Waals surface area contributed by atoms with Gasteiger partial charge in [-0.15, -0.1) is 11.3 Å². The Bertz CT molecular complexity index is 907. The molecule has 1 amide bonds. The Hall–Kier alpha value is -2.73. The first-order chi connectivity index (χ1) is 14.0. The van der Waals surface area contributed by atoms with Gasteiger partial charge in [0.25, 0.3) is 0 Å². The van der Waals surface area contributed by atoms with E-state index < -0.39 is 0 Å². The third-order valence-electron chi connectivity index (χ3n) is 4.35. The highest BCUT2D eigenvalue weighted by molar-refractivity contribution is 7.09. The van der Waals surface area contributed by atoms with Crippen LogP contribution in [-0.4, -0.2) is 27.4 Å². The van der Waals surface area contributed by atoms with Crippen molar-refractivity contribution >= 4 is 17.2 Å². The second-order valence-corrected chi connectivity index (χ2v) is 8.55. The number of amides is 1. The summed E-state index contributed by atoms with van der Waals surface area (Å²) in [5.41, 5.74) is 2.95. The third-order valence-corrected chi connectivity index (χ3v) is 5.18. The maximum atomic E-state index is 13.0. The van der Waals surface area contributed by atoms with E-state index in [1.165, 1.54) is 0 Å². The number of thiazole rings is 1. The topological polar surface area (TPSA) is 55.3 Å². The molecule has 0 fully saturated rings. The van der Waals surface area contributed by atoms with Gasteiger partial charge in [-0.05, 0) is 48.2 Å². The molecule has 0 saturated carbocycles. The normalized spacial score (nSPS) is 10.9. The summed E-state index contributed by atoms with van der Waals surface area (Å²) in [5.74, 6) is 1.40. The minimum absolute atomic E-state index is 0.0623. The lowest BCUT2D eigenvalue weighted by molar-refractivity contribution is -0.131. The summed E-state index contributed by atoms with van der Waals surface area (Å²) >= 11 is 1.57. The van der Waals surface area contributed by atoms with E-state index in [0.717, 1.165) is 27.6 Å². The van der Waals surface area contributed by atoms with Crippen molar-refractivity contribution in [2.24, 2.45) is 5.92 Å². The summed E-state index contributed by atoms with van der Waals surface area (Å²) in [4.78, 5) is 23.4. The molecule has 0 unspecified atom stereocenters. The van der Waals surface area contributed by atoms with Gasteiger partial charge in [0.05, 0.1) is 23.7 Å². The Kier molecular flexibility index (Phi) is 7.36. The van der Waals surface area contributed by atoms with Gasteiger partial charge in [-0.2, -0.15) is 0 Å². The van der Waals surface area contributed by atoms with Crippen molar-refractivity contribution in [3.8, 4) is 5.75 Å². The number of aromatic nitrogens is 2. The smallest absolute Gasteiger partial charge is 0.229 e. The van der Waals surface area contributed by atoms with Crippen molar-refractivity contribution < 1.29 is 9.53 Å². The fourth-order valence-corrected chi connectivity index (χ4v) is 3.48. The zero-order chi connectivity index (χ0) is 20.6. The van der Waals surface area contributed by atoms with Crippen molar-refractivity contribution in [3.05, 3.63) is 76.0 Å². The molecule has 2 aromatic heterocycles. The molecule has 5 nitrogen and oxygen atoms in total. The first kappa shape index (κ1) is 21.0. The number of rotatable bonds is 9. The zero-order valence-corrected chi connectivity index (χ0v) is 18.0. The predicted molar refractivity (Wildman–Crippen MR) is 116 cm³/mol. The molecule has 3 rings (SSSR count). The van der Waals surface area contributed by atoms with Gasteiger partial charge in [-0.25, -0.2) is 4.98 Å². The highest BCUT2D eigenvalue weighted by Gasteiger charge is 2.17. The lowest BCUT2D eigenvalue weighted by Crippen LogP contribution is -2.31. The Morgan fingerprint density at radius 1 is 1.07 bits per heavy atom. The van der Waals surface area contributed by atoms with Crippen LogP contribution in [0.1, 0.15) is 35.7 Å². The lowest BCUT2D eigenvalue weighted by Gasteiger charge is -2.23. The van der Waals surface area contributed by atoms with Gasteiger partial charge in [-0.3, -0.25) is 9.78 Å². The fraction of sp³-hybridized carbons (Fsp3) is 0.348. The Labute approximate surface area is 176 Å². The van der Waals surface area contributed by atoms with Crippen LogP contribution in [-0.2, 0) is 24.3 Å². The summed E-state index contributed by atoms with van der Waals surface area (Å²) < 4.78 is 5.76. The molecule has 0 spiro atoms. The van der Waals surface area contributed by atoms with E-state index >= 15 is 0 Å². The highest BCUT2D eigenvalue weighted by Crippen LogP contribution is 2.17. The molecule has 0 N–H and O–H groups in total. The molecule has 0 atom stereocenters. The van der Waals surface area contributed by atoms with Crippen LogP contribution in [0, 0.1) is 12.8 Å². The van der Waals surface area contributed by atoms with Crippen molar-refractivity contribution in [3.63, 3.8) is 0 Å². The van der Waals surface area contributed by atoms with E-state index in [0.29, 0.717) is 32.0 Å². The number of carbonyl (C=O) groups is 1. The van der Waals surface area contributed by atoms with Crippen molar-refractivity contribution in [2.75, 3.05) is 6.61 Å². The van der Waals surface area contributed by atoms with E-state index in [1.807, 2.05) is 53.6 Å². The molecule has 0 aliphatic heterocycles. The van der Waals surface area contributed by atoms with Crippen LogP contribution in [0.3, 0.4) is 0 Å². The van der Waals surface area contributed by atoms with Gasteiger partial charge in [-0.1, -0.05) is 26.0 Å². The predicted octanol–water partition coefficient (Wildman–Crippen LogP) is 4.65. The average Bonchev–Trinajstić information content (AvgIpc) is 3.12. The van der Waals surface area contributed by atoms with Crippen molar-refractivity contribution in [2.45, 2.75) is 40.3 Å². The molecule has 0 saturated heterocycles. The quantitative estimate of drug-likeness (QED) is 0.516. The Morgan fingerprint density at radius 3 is 2.31 bits per heavy atom. The van der Waals surface area contributed by atoms with Crippen LogP contribution < -0.4 is 4.74 Å².